The molecule has 21 heavy (non-hydrogen) atoms. The van der Waals surface area contributed by atoms with Crippen LogP contribution in [0.3, 0.4) is 0 Å². The molecule has 0 N–H and O–H groups in total. The van der Waals surface area contributed by atoms with Crippen molar-refractivity contribution in [3.05, 3.63) is 48.0 Å². The molecule has 1 aliphatic heterocycles. The van der Waals surface area contributed by atoms with Crippen LogP contribution < -0.4 is 0 Å². The minimum atomic E-state index is -0.851. The van der Waals surface area contributed by atoms with E-state index in [4.69, 9.17) is 4.74 Å². The van der Waals surface area contributed by atoms with Crippen molar-refractivity contribution in [2.24, 2.45) is 0 Å². The molecule has 3 nitrogen and oxygen atoms in total. The Morgan fingerprint density at radius 2 is 1.81 bits per heavy atom. The summed E-state index contributed by atoms with van der Waals surface area (Å²) in [4.78, 5) is 15.0. The molecule has 0 fully saturated rings. The molecule has 1 aromatic rings. The van der Waals surface area contributed by atoms with Crippen molar-refractivity contribution in [3.8, 4) is 0 Å². The van der Waals surface area contributed by atoms with Gasteiger partial charge in [0.1, 0.15) is 0 Å². The molecule has 0 saturated carbocycles. The van der Waals surface area contributed by atoms with Crippen molar-refractivity contribution < 1.29 is 9.53 Å². The average Bonchev–Trinajstić information content (AvgIpc) is 2.88. The molecule has 0 aliphatic carbocycles. The second-order valence-electron chi connectivity index (χ2n) is 6.17. The number of hydrogen-bond donors (Lipinski definition) is 0. The van der Waals surface area contributed by atoms with Crippen LogP contribution in [0.2, 0.25) is 0 Å². The first-order chi connectivity index (χ1) is 9.96. The summed E-state index contributed by atoms with van der Waals surface area (Å²) in [6.07, 6.45) is 4.46. The van der Waals surface area contributed by atoms with Gasteiger partial charge in [-0.25, -0.2) is 0 Å². The van der Waals surface area contributed by atoms with Gasteiger partial charge in [-0.2, -0.15) is 0 Å². The Bertz CT molecular complexity index is 499. The summed E-state index contributed by atoms with van der Waals surface area (Å²) in [6.45, 7) is 8.70. The van der Waals surface area contributed by atoms with Crippen molar-refractivity contribution in [1.29, 1.82) is 0 Å². The molecule has 0 radical (unpaired) electrons. The van der Waals surface area contributed by atoms with Crippen LogP contribution in [0.4, 0.5) is 0 Å². The van der Waals surface area contributed by atoms with E-state index in [1.165, 1.54) is 0 Å². The van der Waals surface area contributed by atoms with Gasteiger partial charge in [0.2, 0.25) is 0 Å². The highest BCUT2D eigenvalue weighted by atomic mass is 16.5. The summed E-state index contributed by atoms with van der Waals surface area (Å²) in [6, 6.07) is 10.4. The zero-order valence-electron chi connectivity index (χ0n) is 13.4. The van der Waals surface area contributed by atoms with Gasteiger partial charge >= 0.3 is 0 Å². The number of ether oxygens (including phenoxy) is 1. The minimum absolute atomic E-state index is 0.0603. The van der Waals surface area contributed by atoms with Crippen LogP contribution in [0.1, 0.15) is 33.3 Å². The lowest BCUT2D eigenvalue weighted by atomic mass is 9.92. The molecule has 0 aromatic heterocycles. The van der Waals surface area contributed by atoms with E-state index in [0.717, 1.165) is 5.56 Å². The lowest BCUT2D eigenvalue weighted by Crippen LogP contribution is -2.54. The largest absolute Gasteiger partial charge is 0.357 e. The molecule has 114 valence electrons. The molecule has 1 atom stereocenters. The number of hydrogen-bond acceptors (Lipinski definition) is 2. The summed E-state index contributed by atoms with van der Waals surface area (Å²) in [5.41, 5.74) is 0.264. The van der Waals surface area contributed by atoms with E-state index in [0.29, 0.717) is 13.0 Å². The van der Waals surface area contributed by atoms with E-state index in [-0.39, 0.29) is 18.0 Å². The fourth-order valence-corrected chi connectivity index (χ4v) is 2.98. The van der Waals surface area contributed by atoms with Gasteiger partial charge in [0.05, 0.1) is 6.61 Å². The highest BCUT2D eigenvalue weighted by Gasteiger charge is 2.43. The monoisotopic (exact) mass is 287 g/mol. The number of rotatable bonds is 5. The fourth-order valence-electron chi connectivity index (χ4n) is 2.98. The predicted molar refractivity (Wildman–Crippen MR) is 85.1 cm³/mol. The number of carbonyl (C=O) groups excluding carboxylic acids is 1. The standard InChI is InChI=1S/C18H25NO2/c1-14(2)19(15(3)4)17(20)18(11-8-12-21-18)13-16-9-6-5-7-10-16/h5-11,14-15H,12-13H2,1-4H3. The first-order valence-electron chi connectivity index (χ1n) is 7.64. The Labute approximate surface area is 127 Å². The average molecular weight is 287 g/mol. The second kappa shape index (κ2) is 6.44. The summed E-state index contributed by atoms with van der Waals surface area (Å²) in [5.74, 6) is 0.0603. The molecular formula is C18H25NO2. The zero-order chi connectivity index (χ0) is 15.5. The molecule has 0 bridgehead atoms. The van der Waals surface area contributed by atoms with Crippen LogP contribution in [0.15, 0.2) is 42.5 Å². The highest BCUT2D eigenvalue weighted by molar-refractivity contribution is 5.88. The van der Waals surface area contributed by atoms with Crippen molar-refractivity contribution >= 4 is 5.91 Å². The normalized spacial score (nSPS) is 21.2. The van der Waals surface area contributed by atoms with Gasteiger partial charge in [0.25, 0.3) is 5.91 Å². The Hall–Kier alpha value is -1.61. The Morgan fingerprint density at radius 1 is 1.19 bits per heavy atom. The van der Waals surface area contributed by atoms with Gasteiger partial charge in [-0.15, -0.1) is 0 Å². The SMILES string of the molecule is CC(C)N(C(=O)C1(Cc2ccccc2)C=CCO1)C(C)C. The van der Waals surface area contributed by atoms with Crippen LogP contribution in [0, 0.1) is 0 Å². The number of nitrogens with zero attached hydrogens (tertiary/aromatic N) is 1. The van der Waals surface area contributed by atoms with E-state index in [9.17, 15) is 4.79 Å². The predicted octanol–water partition coefficient (Wildman–Crippen LogP) is 3.20. The van der Waals surface area contributed by atoms with Gasteiger partial charge in [0, 0.05) is 18.5 Å². The molecule has 2 rings (SSSR count). The second-order valence-corrected chi connectivity index (χ2v) is 6.17. The summed E-state index contributed by atoms with van der Waals surface area (Å²) < 4.78 is 5.89. The molecule has 1 heterocycles. The zero-order valence-corrected chi connectivity index (χ0v) is 13.4. The Balaban J connectivity index is 2.30. The molecule has 1 aromatic carbocycles. The van der Waals surface area contributed by atoms with Crippen molar-refractivity contribution in [1.82, 2.24) is 4.90 Å². The molecule has 0 saturated heterocycles. The Morgan fingerprint density at radius 3 is 2.29 bits per heavy atom. The molecule has 1 aliphatic rings. The molecule has 3 heteroatoms. The van der Waals surface area contributed by atoms with E-state index >= 15 is 0 Å². The maximum atomic E-state index is 13.1. The highest BCUT2D eigenvalue weighted by Crippen LogP contribution is 2.28. The maximum absolute atomic E-state index is 13.1. The van der Waals surface area contributed by atoms with E-state index in [2.05, 4.69) is 0 Å². The molecule has 0 spiro atoms. The lowest BCUT2D eigenvalue weighted by Gasteiger charge is -2.38. The van der Waals surface area contributed by atoms with Crippen molar-refractivity contribution in [2.45, 2.75) is 51.8 Å². The third-order valence-electron chi connectivity index (χ3n) is 3.84. The van der Waals surface area contributed by atoms with Crippen LogP contribution in [0.25, 0.3) is 0 Å². The third-order valence-corrected chi connectivity index (χ3v) is 3.84. The minimum Gasteiger partial charge on any atom is -0.357 e. The first-order valence-corrected chi connectivity index (χ1v) is 7.64. The van der Waals surface area contributed by atoms with Gasteiger partial charge in [0.15, 0.2) is 5.60 Å². The van der Waals surface area contributed by atoms with E-state index in [1.54, 1.807) is 0 Å². The summed E-state index contributed by atoms with van der Waals surface area (Å²) in [7, 11) is 0. The molecule has 1 unspecified atom stereocenters. The number of carbonyl (C=O) groups is 1. The fraction of sp³-hybridized carbons (Fsp3) is 0.500. The summed E-state index contributed by atoms with van der Waals surface area (Å²) in [5, 5.41) is 0. The lowest BCUT2D eigenvalue weighted by molar-refractivity contribution is -0.153. The molecular weight excluding hydrogens is 262 g/mol. The number of benzene rings is 1. The van der Waals surface area contributed by atoms with Crippen molar-refractivity contribution in [2.75, 3.05) is 6.61 Å². The van der Waals surface area contributed by atoms with Crippen LogP contribution in [0.5, 0.6) is 0 Å². The van der Waals surface area contributed by atoms with Gasteiger partial charge in [-0.3, -0.25) is 4.79 Å². The third kappa shape index (κ3) is 3.35. The van der Waals surface area contributed by atoms with Crippen LogP contribution in [-0.2, 0) is 16.0 Å². The van der Waals surface area contributed by atoms with Crippen LogP contribution >= 0.6 is 0 Å². The van der Waals surface area contributed by atoms with Gasteiger partial charge in [-0.1, -0.05) is 36.4 Å². The van der Waals surface area contributed by atoms with Crippen LogP contribution in [-0.4, -0.2) is 35.1 Å². The Kier molecular flexibility index (Phi) is 4.84. The van der Waals surface area contributed by atoms with Gasteiger partial charge < -0.3 is 9.64 Å². The summed E-state index contributed by atoms with van der Waals surface area (Å²) >= 11 is 0. The number of amides is 1. The quantitative estimate of drug-likeness (QED) is 0.778. The van der Waals surface area contributed by atoms with E-state index in [1.807, 2.05) is 75.1 Å². The van der Waals surface area contributed by atoms with Crippen molar-refractivity contribution in [3.63, 3.8) is 0 Å². The van der Waals surface area contributed by atoms with Gasteiger partial charge in [-0.05, 0) is 39.3 Å². The molecule has 1 amide bonds. The van der Waals surface area contributed by atoms with E-state index < -0.39 is 5.60 Å². The first kappa shape index (κ1) is 15.8. The maximum Gasteiger partial charge on any atom is 0.259 e. The topological polar surface area (TPSA) is 29.5 Å². The smallest absolute Gasteiger partial charge is 0.259 e.